The van der Waals surface area contributed by atoms with Crippen LogP contribution in [0.4, 0.5) is 0 Å². The Hall–Kier alpha value is -1.22. The van der Waals surface area contributed by atoms with E-state index in [0.717, 1.165) is 24.3 Å². The molecule has 0 aliphatic carbocycles. The van der Waals surface area contributed by atoms with E-state index in [1.807, 2.05) is 20.0 Å². The molecule has 0 saturated carbocycles. The van der Waals surface area contributed by atoms with Gasteiger partial charge in [0.1, 0.15) is 0 Å². The van der Waals surface area contributed by atoms with Gasteiger partial charge >= 0.3 is 0 Å². The Morgan fingerprint density at radius 1 is 1.29 bits per heavy atom. The van der Waals surface area contributed by atoms with Crippen LogP contribution in [-0.4, -0.2) is 26.8 Å². The molecule has 0 radical (unpaired) electrons. The van der Waals surface area contributed by atoms with E-state index in [-0.39, 0.29) is 0 Å². The number of nitrogens with one attached hydrogen (secondary N) is 1. The highest BCUT2D eigenvalue weighted by Gasteiger charge is 2.06. The molecule has 1 aromatic rings. The average Bonchev–Trinajstić information content (AvgIpc) is 2.36. The molecule has 0 amide bonds. The molecule has 96 valence electrons. The third-order valence-corrected chi connectivity index (χ3v) is 2.89. The Kier molecular flexibility index (Phi) is 5.84. The van der Waals surface area contributed by atoms with Crippen LogP contribution in [-0.2, 0) is 6.42 Å². The zero-order valence-corrected chi connectivity index (χ0v) is 11.2. The van der Waals surface area contributed by atoms with Crippen molar-refractivity contribution in [3.05, 3.63) is 23.8 Å². The molecule has 0 heterocycles. The van der Waals surface area contributed by atoms with Crippen LogP contribution in [0.3, 0.4) is 0 Å². The maximum absolute atomic E-state index is 5.56. The highest BCUT2D eigenvalue weighted by Crippen LogP contribution is 2.28. The molecule has 0 spiro atoms. The Labute approximate surface area is 104 Å². The van der Waals surface area contributed by atoms with Gasteiger partial charge in [-0.1, -0.05) is 6.07 Å². The number of benzene rings is 1. The summed E-state index contributed by atoms with van der Waals surface area (Å²) in [6.45, 7) is 4.83. The van der Waals surface area contributed by atoms with Crippen molar-refractivity contribution in [3.63, 3.8) is 0 Å². The molecule has 3 heteroatoms. The second-order valence-electron chi connectivity index (χ2n) is 4.15. The summed E-state index contributed by atoms with van der Waals surface area (Å²) in [5, 5.41) is 3.24. The molecular formula is C14H23NO2. The van der Waals surface area contributed by atoms with Crippen LogP contribution in [0.25, 0.3) is 0 Å². The molecular weight excluding hydrogens is 214 g/mol. The number of rotatable bonds is 7. The molecule has 0 saturated heterocycles. The molecule has 0 fully saturated rings. The minimum Gasteiger partial charge on any atom is -0.493 e. The summed E-state index contributed by atoms with van der Waals surface area (Å²) < 4.78 is 10.8. The molecule has 3 nitrogen and oxygen atoms in total. The summed E-state index contributed by atoms with van der Waals surface area (Å²) in [6, 6.07) is 6.69. The van der Waals surface area contributed by atoms with Crippen molar-refractivity contribution in [2.45, 2.75) is 32.7 Å². The van der Waals surface area contributed by atoms with Crippen LogP contribution in [0, 0.1) is 0 Å². The maximum Gasteiger partial charge on any atom is 0.161 e. The van der Waals surface area contributed by atoms with Gasteiger partial charge in [0.25, 0.3) is 0 Å². The van der Waals surface area contributed by atoms with Gasteiger partial charge in [-0.2, -0.15) is 0 Å². The van der Waals surface area contributed by atoms with E-state index in [2.05, 4.69) is 24.4 Å². The molecule has 1 N–H and O–H groups in total. The summed E-state index contributed by atoms with van der Waals surface area (Å²) in [5.74, 6) is 1.64. The van der Waals surface area contributed by atoms with E-state index in [1.165, 1.54) is 5.56 Å². The fraction of sp³-hybridized carbons (Fsp3) is 0.571. The molecule has 0 aromatic heterocycles. The van der Waals surface area contributed by atoms with E-state index >= 15 is 0 Å². The lowest BCUT2D eigenvalue weighted by Gasteiger charge is -2.13. The first-order chi connectivity index (χ1) is 8.21. The summed E-state index contributed by atoms with van der Waals surface area (Å²) in [5.41, 5.74) is 1.29. The van der Waals surface area contributed by atoms with Crippen LogP contribution in [0.1, 0.15) is 25.8 Å². The Morgan fingerprint density at radius 3 is 2.65 bits per heavy atom. The topological polar surface area (TPSA) is 30.5 Å². The lowest BCUT2D eigenvalue weighted by Crippen LogP contribution is -2.21. The number of hydrogen-bond acceptors (Lipinski definition) is 3. The van der Waals surface area contributed by atoms with E-state index < -0.39 is 0 Å². The Morgan fingerprint density at radius 2 is 2.06 bits per heavy atom. The Bertz CT molecular complexity index is 339. The molecule has 1 unspecified atom stereocenters. The fourth-order valence-electron chi connectivity index (χ4n) is 1.67. The molecule has 1 atom stereocenters. The van der Waals surface area contributed by atoms with Crippen LogP contribution in [0.15, 0.2) is 18.2 Å². The first kappa shape index (κ1) is 13.8. The molecule has 0 bridgehead atoms. The second kappa shape index (κ2) is 7.17. The average molecular weight is 237 g/mol. The third-order valence-electron chi connectivity index (χ3n) is 2.89. The molecule has 0 aliphatic rings. The van der Waals surface area contributed by atoms with E-state index in [9.17, 15) is 0 Å². The van der Waals surface area contributed by atoms with Crippen LogP contribution in [0.2, 0.25) is 0 Å². The van der Waals surface area contributed by atoms with Crippen molar-refractivity contribution in [1.29, 1.82) is 0 Å². The lowest BCUT2D eigenvalue weighted by atomic mass is 10.1. The van der Waals surface area contributed by atoms with Gasteiger partial charge in [0, 0.05) is 6.04 Å². The van der Waals surface area contributed by atoms with Crippen molar-refractivity contribution in [1.82, 2.24) is 5.32 Å². The predicted octanol–water partition coefficient (Wildman–Crippen LogP) is 2.63. The van der Waals surface area contributed by atoms with Crippen LogP contribution in [0.5, 0.6) is 11.5 Å². The molecule has 0 aliphatic heterocycles. The minimum absolute atomic E-state index is 0.535. The van der Waals surface area contributed by atoms with E-state index in [0.29, 0.717) is 12.6 Å². The smallest absolute Gasteiger partial charge is 0.161 e. The zero-order valence-electron chi connectivity index (χ0n) is 11.2. The first-order valence-electron chi connectivity index (χ1n) is 6.18. The van der Waals surface area contributed by atoms with Crippen LogP contribution >= 0.6 is 0 Å². The normalized spacial score (nSPS) is 12.2. The number of hydrogen-bond donors (Lipinski definition) is 1. The lowest BCUT2D eigenvalue weighted by molar-refractivity contribution is 0.310. The summed E-state index contributed by atoms with van der Waals surface area (Å²) in [7, 11) is 3.66. The highest BCUT2D eigenvalue weighted by atomic mass is 16.5. The SMILES string of the molecule is CCOc1cc(CCC(C)NC)ccc1OC. The second-order valence-corrected chi connectivity index (χ2v) is 4.15. The van der Waals surface area contributed by atoms with E-state index in [4.69, 9.17) is 9.47 Å². The Balaban J connectivity index is 2.70. The van der Waals surface area contributed by atoms with Gasteiger partial charge < -0.3 is 14.8 Å². The summed E-state index contributed by atoms with van der Waals surface area (Å²) in [4.78, 5) is 0. The monoisotopic (exact) mass is 237 g/mol. The van der Waals surface area contributed by atoms with Crippen molar-refractivity contribution in [2.75, 3.05) is 20.8 Å². The van der Waals surface area contributed by atoms with Gasteiger partial charge in [0.15, 0.2) is 11.5 Å². The predicted molar refractivity (Wildman–Crippen MR) is 71.0 cm³/mol. The summed E-state index contributed by atoms with van der Waals surface area (Å²) in [6.07, 6.45) is 2.17. The first-order valence-corrected chi connectivity index (χ1v) is 6.18. The number of aryl methyl sites for hydroxylation is 1. The number of methoxy groups -OCH3 is 1. The molecule has 1 aromatic carbocycles. The van der Waals surface area contributed by atoms with Crippen molar-refractivity contribution in [2.24, 2.45) is 0 Å². The van der Waals surface area contributed by atoms with Gasteiger partial charge in [-0.25, -0.2) is 0 Å². The molecule has 17 heavy (non-hydrogen) atoms. The van der Waals surface area contributed by atoms with Gasteiger partial charge in [-0.3, -0.25) is 0 Å². The van der Waals surface area contributed by atoms with E-state index in [1.54, 1.807) is 7.11 Å². The largest absolute Gasteiger partial charge is 0.493 e. The third kappa shape index (κ3) is 4.27. The van der Waals surface area contributed by atoms with Gasteiger partial charge in [-0.05, 0) is 51.4 Å². The van der Waals surface area contributed by atoms with Crippen molar-refractivity contribution >= 4 is 0 Å². The minimum atomic E-state index is 0.535. The zero-order chi connectivity index (χ0) is 12.7. The fourth-order valence-corrected chi connectivity index (χ4v) is 1.67. The van der Waals surface area contributed by atoms with Gasteiger partial charge in [-0.15, -0.1) is 0 Å². The summed E-state index contributed by atoms with van der Waals surface area (Å²) >= 11 is 0. The van der Waals surface area contributed by atoms with Crippen LogP contribution < -0.4 is 14.8 Å². The molecule has 1 rings (SSSR count). The highest BCUT2D eigenvalue weighted by molar-refractivity contribution is 5.43. The van der Waals surface area contributed by atoms with Gasteiger partial charge in [0.2, 0.25) is 0 Å². The number of ether oxygens (including phenoxy) is 2. The maximum atomic E-state index is 5.56. The van der Waals surface area contributed by atoms with Crippen molar-refractivity contribution in [3.8, 4) is 11.5 Å². The van der Waals surface area contributed by atoms with Crippen molar-refractivity contribution < 1.29 is 9.47 Å². The van der Waals surface area contributed by atoms with Gasteiger partial charge in [0.05, 0.1) is 13.7 Å². The standard InChI is InChI=1S/C14H23NO2/c1-5-17-14-10-12(7-6-11(2)15-3)8-9-13(14)16-4/h8-11,15H,5-7H2,1-4H3. The quantitative estimate of drug-likeness (QED) is 0.791.